The number of allylic oxidation sites excluding steroid dienone is 1. The second-order valence-corrected chi connectivity index (χ2v) is 5.81. The molecular weight excluding hydrogens is 364 g/mol. The summed E-state index contributed by atoms with van der Waals surface area (Å²) in [5.74, 6) is 1.41. The molecule has 0 bridgehead atoms. The lowest BCUT2D eigenvalue weighted by Crippen LogP contribution is -2.12. The summed E-state index contributed by atoms with van der Waals surface area (Å²) >= 11 is 0. The highest BCUT2D eigenvalue weighted by atomic mass is 16.6. The average Bonchev–Trinajstić information content (AvgIpc) is 3.01. The lowest BCUT2D eigenvalue weighted by molar-refractivity contribution is -0.142. The van der Waals surface area contributed by atoms with E-state index in [0.29, 0.717) is 40.7 Å². The van der Waals surface area contributed by atoms with Gasteiger partial charge in [-0.15, -0.1) is 0 Å². The maximum absolute atomic E-state index is 12.6. The zero-order valence-corrected chi connectivity index (χ0v) is 15.8. The Labute approximate surface area is 162 Å². The summed E-state index contributed by atoms with van der Waals surface area (Å²) in [7, 11) is 2.77. The Balaban J connectivity index is 1.81. The number of methoxy groups -OCH3 is 2. The first-order valence-electron chi connectivity index (χ1n) is 8.64. The fourth-order valence-corrected chi connectivity index (χ4v) is 2.66. The van der Waals surface area contributed by atoms with Crippen molar-refractivity contribution in [1.29, 1.82) is 0 Å². The van der Waals surface area contributed by atoms with Crippen molar-refractivity contribution >= 4 is 17.8 Å². The minimum Gasteiger partial charge on any atom is -0.494 e. The molecular formula is C21H20O7. The van der Waals surface area contributed by atoms with Gasteiger partial charge < -0.3 is 23.7 Å². The van der Waals surface area contributed by atoms with Crippen molar-refractivity contribution < 1.29 is 33.3 Å². The van der Waals surface area contributed by atoms with Crippen LogP contribution in [0.25, 0.3) is 6.08 Å². The standard InChI is InChI=1S/C21H20O7/c1-4-26-14-6-7-15-17(11-14)28-19(21(15)23)10-13-5-8-16(18(9-13)24-2)27-12-20(22)25-3/h5-11H,4,12H2,1-3H3/b19-10-. The predicted molar refractivity (Wildman–Crippen MR) is 101 cm³/mol. The second kappa shape index (κ2) is 8.47. The van der Waals surface area contributed by atoms with Crippen molar-refractivity contribution in [3.05, 3.63) is 53.3 Å². The Morgan fingerprint density at radius 1 is 1.07 bits per heavy atom. The van der Waals surface area contributed by atoms with Crippen LogP contribution < -0.4 is 18.9 Å². The monoisotopic (exact) mass is 384 g/mol. The minimum atomic E-state index is -0.498. The van der Waals surface area contributed by atoms with E-state index in [9.17, 15) is 9.59 Å². The SMILES string of the molecule is CCOc1ccc2c(c1)O/C(=C\c1ccc(OCC(=O)OC)c(OC)c1)C2=O. The topological polar surface area (TPSA) is 80.3 Å². The van der Waals surface area contributed by atoms with Gasteiger partial charge in [0.2, 0.25) is 5.78 Å². The Morgan fingerprint density at radius 2 is 1.89 bits per heavy atom. The lowest BCUT2D eigenvalue weighted by atomic mass is 10.1. The minimum absolute atomic E-state index is 0.203. The maximum Gasteiger partial charge on any atom is 0.343 e. The molecule has 1 aliphatic rings. The summed E-state index contributed by atoms with van der Waals surface area (Å²) in [6, 6.07) is 10.2. The number of benzene rings is 2. The van der Waals surface area contributed by atoms with Gasteiger partial charge in [-0.1, -0.05) is 6.07 Å². The first-order valence-corrected chi connectivity index (χ1v) is 8.64. The highest BCUT2D eigenvalue weighted by Crippen LogP contribution is 2.36. The van der Waals surface area contributed by atoms with Gasteiger partial charge in [0.15, 0.2) is 23.9 Å². The molecule has 2 aromatic rings. The van der Waals surface area contributed by atoms with Crippen molar-refractivity contribution in [2.75, 3.05) is 27.4 Å². The fraction of sp³-hybridized carbons (Fsp3) is 0.238. The summed E-state index contributed by atoms with van der Waals surface area (Å²) in [6.45, 7) is 2.18. The van der Waals surface area contributed by atoms with E-state index in [1.54, 1.807) is 42.5 Å². The van der Waals surface area contributed by atoms with Crippen LogP contribution in [0.4, 0.5) is 0 Å². The largest absolute Gasteiger partial charge is 0.494 e. The molecule has 3 rings (SSSR count). The van der Waals surface area contributed by atoms with Crippen molar-refractivity contribution in [2.45, 2.75) is 6.92 Å². The smallest absolute Gasteiger partial charge is 0.343 e. The number of hydrogen-bond donors (Lipinski definition) is 0. The van der Waals surface area contributed by atoms with Gasteiger partial charge in [-0.25, -0.2) is 4.79 Å². The molecule has 0 amide bonds. The average molecular weight is 384 g/mol. The zero-order chi connectivity index (χ0) is 20.1. The summed E-state index contributed by atoms with van der Waals surface area (Å²) in [5.41, 5.74) is 1.17. The van der Waals surface area contributed by atoms with E-state index in [1.165, 1.54) is 14.2 Å². The van der Waals surface area contributed by atoms with Crippen LogP contribution in [0.1, 0.15) is 22.8 Å². The number of ketones is 1. The van der Waals surface area contributed by atoms with E-state index in [-0.39, 0.29) is 18.1 Å². The van der Waals surface area contributed by atoms with Crippen LogP contribution in [-0.4, -0.2) is 39.2 Å². The van der Waals surface area contributed by atoms with E-state index in [0.717, 1.165) is 0 Å². The molecule has 0 N–H and O–H groups in total. The van der Waals surface area contributed by atoms with Crippen LogP contribution in [-0.2, 0) is 9.53 Å². The molecule has 146 valence electrons. The molecule has 0 radical (unpaired) electrons. The third kappa shape index (κ3) is 4.09. The molecule has 0 saturated heterocycles. The summed E-state index contributed by atoms with van der Waals surface area (Å²) < 4.78 is 26.4. The number of carbonyl (C=O) groups is 2. The predicted octanol–water partition coefficient (Wildman–Crippen LogP) is 3.26. The second-order valence-electron chi connectivity index (χ2n) is 5.81. The van der Waals surface area contributed by atoms with Gasteiger partial charge in [0, 0.05) is 6.07 Å². The lowest BCUT2D eigenvalue weighted by Gasteiger charge is -2.10. The van der Waals surface area contributed by atoms with Gasteiger partial charge in [0.05, 0.1) is 26.4 Å². The quantitative estimate of drug-likeness (QED) is 0.535. The van der Waals surface area contributed by atoms with Crippen LogP contribution in [0.3, 0.4) is 0 Å². The molecule has 1 heterocycles. The van der Waals surface area contributed by atoms with Gasteiger partial charge in [0.1, 0.15) is 11.5 Å². The third-order valence-corrected chi connectivity index (χ3v) is 4.01. The van der Waals surface area contributed by atoms with E-state index in [1.807, 2.05) is 6.92 Å². The normalized spacial score (nSPS) is 13.7. The van der Waals surface area contributed by atoms with Gasteiger partial charge >= 0.3 is 5.97 Å². The molecule has 0 spiro atoms. The van der Waals surface area contributed by atoms with Crippen molar-refractivity contribution in [2.24, 2.45) is 0 Å². The summed E-state index contributed by atoms with van der Waals surface area (Å²) in [4.78, 5) is 23.8. The van der Waals surface area contributed by atoms with Crippen LogP contribution in [0, 0.1) is 0 Å². The van der Waals surface area contributed by atoms with Gasteiger partial charge in [0.25, 0.3) is 0 Å². The highest BCUT2D eigenvalue weighted by Gasteiger charge is 2.27. The van der Waals surface area contributed by atoms with Gasteiger partial charge in [-0.05, 0) is 42.8 Å². The summed E-state index contributed by atoms with van der Waals surface area (Å²) in [5, 5.41) is 0. The number of ether oxygens (including phenoxy) is 5. The molecule has 0 unspecified atom stereocenters. The van der Waals surface area contributed by atoms with E-state index in [2.05, 4.69) is 4.74 Å². The molecule has 2 aromatic carbocycles. The number of carbonyl (C=O) groups excluding carboxylic acids is 2. The maximum atomic E-state index is 12.6. The van der Waals surface area contributed by atoms with E-state index < -0.39 is 5.97 Å². The Bertz CT molecular complexity index is 930. The van der Waals surface area contributed by atoms with Crippen LogP contribution in [0.2, 0.25) is 0 Å². The number of Topliss-reactive ketones (excluding diaryl/α,β-unsaturated/α-hetero) is 1. The van der Waals surface area contributed by atoms with Crippen LogP contribution in [0.15, 0.2) is 42.2 Å². The number of hydrogen-bond acceptors (Lipinski definition) is 7. The van der Waals surface area contributed by atoms with Crippen LogP contribution >= 0.6 is 0 Å². The first kappa shape index (κ1) is 19.3. The molecule has 0 aromatic heterocycles. The Morgan fingerprint density at radius 3 is 2.61 bits per heavy atom. The van der Waals surface area contributed by atoms with Crippen molar-refractivity contribution in [3.63, 3.8) is 0 Å². The molecule has 0 fully saturated rings. The number of fused-ring (bicyclic) bond motifs is 1. The van der Waals surface area contributed by atoms with Crippen molar-refractivity contribution in [1.82, 2.24) is 0 Å². The first-order chi connectivity index (χ1) is 13.5. The van der Waals surface area contributed by atoms with Crippen molar-refractivity contribution in [3.8, 4) is 23.0 Å². The molecule has 28 heavy (non-hydrogen) atoms. The Hall–Kier alpha value is -3.48. The molecule has 7 heteroatoms. The Kier molecular flexibility index (Phi) is 5.84. The molecule has 0 aliphatic carbocycles. The zero-order valence-electron chi connectivity index (χ0n) is 15.8. The third-order valence-electron chi connectivity index (χ3n) is 4.01. The van der Waals surface area contributed by atoms with E-state index in [4.69, 9.17) is 18.9 Å². The van der Waals surface area contributed by atoms with Gasteiger partial charge in [-0.3, -0.25) is 4.79 Å². The van der Waals surface area contributed by atoms with Crippen LogP contribution in [0.5, 0.6) is 23.0 Å². The molecule has 7 nitrogen and oxygen atoms in total. The molecule has 0 atom stereocenters. The highest BCUT2D eigenvalue weighted by molar-refractivity contribution is 6.14. The van der Waals surface area contributed by atoms with Gasteiger partial charge in [-0.2, -0.15) is 0 Å². The summed E-state index contributed by atoms with van der Waals surface area (Å²) in [6.07, 6.45) is 1.62. The fourth-order valence-electron chi connectivity index (χ4n) is 2.66. The number of rotatable bonds is 7. The molecule has 0 saturated carbocycles. The number of esters is 1. The van der Waals surface area contributed by atoms with E-state index >= 15 is 0 Å². The molecule has 1 aliphatic heterocycles.